The Bertz CT molecular complexity index is 1100. The number of benzene rings is 1. The van der Waals surface area contributed by atoms with Crippen molar-refractivity contribution < 1.29 is 9.59 Å². The molecule has 3 rings (SSSR count). The van der Waals surface area contributed by atoms with E-state index in [9.17, 15) is 14.4 Å². The Morgan fingerprint density at radius 3 is 2.47 bits per heavy atom. The molecule has 0 bridgehead atoms. The number of aromatic nitrogens is 2. The van der Waals surface area contributed by atoms with Gasteiger partial charge in [-0.05, 0) is 37.8 Å². The SMILES string of the molecule is Cc1ccc(N/N=C2\C(=O)CC(C)(C)C\C2=N/NC(=O)c2cnc(C)[nH]c2=O)cc1. The molecule has 1 fully saturated rings. The molecule has 30 heavy (non-hydrogen) atoms. The molecule has 9 heteroatoms. The Kier molecular flexibility index (Phi) is 5.91. The summed E-state index contributed by atoms with van der Waals surface area (Å²) >= 11 is 0. The molecular formula is C21H24N6O3. The maximum Gasteiger partial charge on any atom is 0.278 e. The highest BCUT2D eigenvalue weighted by atomic mass is 16.2. The number of ketones is 1. The van der Waals surface area contributed by atoms with Crippen molar-refractivity contribution >= 4 is 28.8 Å². The van der Waals surface area contributed by atoms with Crippen molar-refractivity contribution in [3.8, 4) is 0 Å². The van der Waals surface area contributed by atoms with Crippen LogP contribution in [0.25, 0.3) is 0 Å². The topological polar surface area (TPSA) is 129 Å². The van der Waals surface area contributed by atoms with Gasteiger partial charge < -0.3 is 4.98 Å². The van der Waals surface area contributed by atoms with Gasteiger partial charge in [0, 0.05) is 12.6 Å². The van der Waals surface area contributed by atoms with Gasteiger partial charge in [0.05, 0.1) is 11.4 Å². The monoisotopic (exact) mass is 408 g/mol. The number of amides is 1. The van der Waals surface area contributed by atoms with Gasteiger partial charge in [0.25, 0.3) is 11.5 Å². The fraction of sp³-hybridized carbons (Fsp3) is 0.333. The molecule has 0 unspecified atom stereocenters. The van der Waals surface area contributed by atoms with Crippen molar-refractivity contribution in [2.75, 3.05) is 5.43 Å². The lowest BCUT2D eigenvalue weighted by molar-refractivity contribution is -0.114. The minimum absolute atomic E-state index is 0.158. The van der Waals surface area contributed by atoms with Crippen molar-refractivity contribution in [3.05, 3.63) is 57.8 Å². The Balaban J connectivity index is 1.85. The van der Waals surface area contributed by atoms with Crippen LogP contribution in [0.4, 0.5) is 5.69 Å². The standard InChI is InChI=1S/C21H24N6O3/c1-12-5-7-14(8-6-12)24-26-18-16(9-21(3,4)10-17(18)28)25-27-20(30)15-11-22-13(2)23-19(15)29/h5-8,11,24H,9-10H2,1-4H3,(H,27,30)(H,22,23,29)/b25-16+,26-18-. The Hall–Kier alpha value is -3.62. The molecule has 1 aliphatic carbocycles. The molecule has 0 aliphatic heterocycles. The summed E-state index contributed by atoms with van der Waals surface area (Å²) in [5.41, 5.74) is 6.51. The average Bonchev–Trinajstić information content (AvgIpc) is 2.66. The first-order chi connectivity index (χ1) is 14.1. The number of hydrogen-bond donors (Lipinski definition) is 3. The number of aryl methyl sites for hydroxylation is 2. The van der Waals surface area contributed by atoms with Crippen LogP contribution in [-0.4, -0.2) is 33.1 Å². The van der Waals surface area contributed by atoms with E-state index in [1.807, 2.05) is 45.0 Å². The summed E-state index contributed by atoms with van der Waals surface area (Å²) in [5, 5.41) is 8.37. The third kappa shape index (κ3) is 5.05. The molecule has 1 amide bonds. The lowest BCUT2D eigenvalue weighted by atomic mass is 9.75. The summed E-state index contributed by atoms with van der Waals surface area (Å²) < 4.78 is 0. The number of aromatic amines is 1. The summed E-state index contributed by atoms with van der Waals surface area (Å²) in [7, 11) is 0. The smallest absolute Gasteiger partial charge is 0.278 e. The Labute approximate surface area is 173 Å². The highest BCUT2D eigenvalue weighted by molar-refractivity contribution is 6.68. The van der Waals surface area contributed by atoms with E-state index in [4.69, 9.17) is 0 Å². The number of Topliss-reactive ketones (excluding diaryl/α,β-unsaturated/α-hetero) is 1. The van der Waals surface area contributed by atoms with E-state index in [-0.39, 0.29) is 22.5 Å². The number of H-pyrrole nitrogens is 1. The van der Waals surface area contributed by atoms with Gasteiger partial charge in [-0.25, -0.2) is 10.4 Å². The minimum atomic E-state index is -0.710. The molecule has 156 valence electrons. The van der Waals surface area contributed by atoms with E-state index in [0.29, 0.717) is 24.4 Å². The molecular weight excluding hydrogens is 384 g/mol. The third-order valence-electron chi connectivity index (χ3n) is 4.63. The molecule has 0 spiro atoms. The number of anilines is 1. The number of nitrogens with zero attached hydrogens (tertiary/aromatic N) is 3. The molecule has 0 saturated heterocycles. The van der Waals surface area contributed by atoms with Crippen LogP contribution < -0.4 is 16.4 Å². The van der Waals surface area contributed by atoms with Gasteiger partial charge >= 0.3 is 0 Å². The maximum atomic E-state index is 12.7. The largest absolute Gasteiger partial charge is 0.310 e. The maximum absolute atomic E-state index is 12.7. The summed E-state index contributed by atoms with van der Waals surface area (Å²) in [6.45, 7) is 7.48. The van der Waals surface area contributed by atoms with Crippen LogP contribution in [0.5, 0.6) is 0 Å². The minimum Gasteiger partial charge on any atom is -0.310 e. The van der Waals surface area contributed by atoms with Crippen molar-refractivity contribution in [3.63, 3.8) is 0 Å². The molecule has 1 aliphatic rings. The number of nitrogens with one attached hydrogen (secondary N) is 3. The molecule has 0 radical (unpaired) electrons. The van der Waals surface area contributed by atoms with Crippen LogP contribution in [0.2, 0.25) is 0 Å². The first kappa shape index (κ1) is 21.1. The Morgan fingerprint density at radius 2 is 1.80 bits per heavy atom. The lowest BCUT2D eigenvalue weighted by Crippen LogP contribution is -2.40. The van der Waals surface area contributed by atoms with Crippen LogP contribution in [0, 0.1) is 19.3 Å². The van der Waals surface area contributed by atoms with Crippen LogP contribution in [0.1, 0.15) is 48.4 Å². The summed E-state index contributed by atoms with van der Waals surface area (Å²) in [6.07, 6.45) is 1.94. The molecule has 1 saturated carbocycles. The zero-order valence-electron chi connectivity index (χ0n) is 17.4. The number of carbonyl (C=O) groups excluding carboxylic acids is 2. The normalized spacial score (nSPS) is 18.5. The van der Waals surface area contributed by atoms with E-state index >= 15 is 0 Å². The fourth-order valence-corrected chi connectivity index (χ4v) is 3.07. The van der Waals surface area contributed by atoms with Crippen LogP contribution in [-0.2, 0) is 4.79 Å². The molecule has 0 atom stereocenters. The van der Waals surface area contributed by atoms with Crippen molar-refractivity contribution in [2.45, 2.75) is 40.5 Å². The zero-order chi connectivity index (χ0) is 21.9. The zero-order valence-corrected chi connectivity index (χ0v) is 17.4. The second kappa shape index (κ2) is 8.40. The molecule has 3 N–H and O–H groups in total. The molecule has 1 heterocycles. The van der Waals surface area contributed by atoms with Gasteiger partial charge in [-0.2, -0.15) is 10.2 Å². The van der Waals surface area contributed by atoms with E-state index in [0.717, 1.165) is 11.3 Å². The summed E-state index contributed by atoms with van der Waals surface area (Å²) in [6, 6.07) is 7.56. The van der Waals surface area contributed by atoms with E-state index in [1.54, 1.807) is 6.92 Å². The molecule has 2 aromatic rings. The van der Waals surface area contributed by atoms with E-state index in [1.165, 1.54) is 6.20 Å². The molecule has 1 aromatic carbocycles. The second-order valence-electron chi connectivity index (χ2n) is 8.09. The second-order valence-corrected chi connectivity index (χ2v) is 8.09. The van der Waals surface area contributed by atoms with Crippen LogP contribution >= 0.6 is 0 Å². The van der Waals surface area contributed by atoms with Gasteiger partial charge in [-0.1, -0.05) is 31.5 Å². The van der Waals surface area contributed by atoms with Gasteiger partial charge in [0.1, 0.15) is 17.1 Å². The third-order valence-corrected chi connectivity index (χ3v) is 4.63. The quantitative estimate of drug-likeness (QED) is 0.669. The van der Waals surface area contributed by atoms with Gasteiger partial charge in [0.15, 0.2) is 5.78 Å². The van der Waals surface area contributed by atoms with Crippen molar-refractivity contribution in [1.29, 1.82) is 0 Å². The van der Waals surface area contributed by atoms with E-state index < -0.39 is 11.5 Å². The predicted molar refractivity (Wildman–Crippen MR) is 115 cm³/mol. The fourth-order valence-electron chi connectivity index (χ4n) is 3.07. The van der Waals surface area contributed by atoms with Crippen LogP contribution in [0.3, 0.4) is 0 Å². The first-order valence-electron chi connectivity index (χ1n) is 9.51. The molecule has 9 nitrogen and oxygen atoms in total. The number of hydrogen-bond acceptors (Lipinski definition) is 7. The van der Waals surface area contributed by atoms with Crippen molar-refractivity contribution in [1.82, 2.24) is 15.4 Å². The van der Waals surface area contributed by atoms with Gasteiger partial charge in [0.2, 0.25) is 0 Å². The van der Waals surface area contributed by atoms with Gasteiger partial charge in [-0.15, -0.1) is 0 Å². The van der Waals surface area contributed by atoms with E-state index in [2.05, 4.69) is 31.0 Å². The number of rotatable bonds is 4. The van der Waals surface area contributed by atoms with Gasteiger partial charge in [-0.3, -0.25) is 19.8 Å². The summed E-state index contributed by atoms with van der Waals surface area (Å²) in [4.78, 5) is 43.4. The molecule has 1 aromatic heterocycles. The van der Waals surface area contributed by atoms with Crippen LogP contribution in [0.15, 0.2) is 45.5 Å². The highest BCUT2D eigenvalue weighted by Crippen LogP contribution is 2.31. The Morgan fingerprint density at radius 1 is 1.10 bits per heavy atom. The average molecular weight is 408 g/mol. The van der Waals surface area contributed by atoms with Crippen molar-refractivity contribution in [2.24, 2.45) is 15.6 Å². The first-order valence-corrected chi connectivity index (χ1v) is 9.51. The lowest BCUT2D eigenvalue weighted by Gasteiger charge is -2.29. The predicted octanol–water partition coefficient (Wildman–Crippen LogP) is 2.33. The highest BCUT2D eigenvalue weighted by Gasteiger charge is 2.36. The number of hydrazone groups is 2. The number of carbonyl (C=O) groups is 2. The summed E-state index contributed by atoms with van der Waals surface area (Å²) in [5.74, 6) is -0.481.